The van der Waals surface area contributed by atoms with Crippen LogP contribution in [0.5, 0.6) is 0 Å². The first-order valence-corrected chi connectivity index (χ1v) is 10.6. The second-order valence-electron chi connectivity index (χ2n) is 5.69. The van der Waals surface area contributed by atoms with Crippen molar-refractivity contribution in [1.82, 2.24) is 14.9 Å². The Bertz CT molecular complexity index is 1010. The van der Waals surface area contributed by atoms with Gasteiger partial charge in [-0.25, -0.2) is 13.1 Å². The third-order valence-corrected chi connectivity index (χ3v) is 6.48. The highest BCUT2D eigenvalue weighted by Gasteiger charge is 2.25. The van der Waals surface area contributed by atoms with Gasteiger partial charge in [0.15, 0.2) is 0 Å². The molecule has 0 fully saturated rings. The number of nitrogens with zero attached hydrogens (tertiary/aromatic N) is 2. The number of sulfonamides is 1. The van der Waals surface area contributed by atoms with Crippen LogP contribution in [0.4, 0.5) is 5.13 Å². The Morgan fingerprint density at radius 1 is 1.04 bits per heavy atom. The summed E-state index contributed by atoms with van der Waals surface area (Å²) in [5.74, 6) is -0.376. The molecule has 1 aromatic heterocycles. The number of rotatable bonds is 7. The molecule has 140 valence electrons. The Morgan fingerprint density at radius 3 is 2.30 bits per heavy atom. The van der Waals surface area contributed by atoms with E-state index in [1.165, 1.54) is 0 Å². The van der Waals surface area contributed by atoms with Gasteiger partial charge in [0.2, 0.25) is 9.47 Å². The molecule has 0 aliphatic heterocycles. The van der Waals surface area contributed by atoms with Crippen LogP contribution in [0, 0.1) is 0 Å². The number of hydrogen-bond donors (Lipinski definition) is 2. The van der Waals surface area contributed by atoms with Crippen molar-refractivity contribution in [1.29, 1.82) is 0 Å². The van der Waals surface area contributed by atoms with Crippen molar-refractivity contribution >= 4 is 32.4 Å². The van der Waals surface area contributed by atoms with Crippen LogP contribution in [0.25, 0.3) is 0 Å². The summed E-state index contributed by atoms with van der Waals surface area (Å²) >= 11 is 0.806. The van der Waals surface area contributed by atoms with Gasteiger partial charge in [0.05, 0.1) is 0 Å². The fourth-order valence-electron chi connectivity index (χ4n) is 2.44. The maximum Gasteiger partial charge on any atom is 0.270 e. The van der Waals surface area contributed by atoms with Gasteiger partial charge in [-0.3, -0.25) is 10.1 Å². The molecule has 0 saturated heterocycles. The molecule has 7 nitrogen and oxygen atoms in total. The first-order chi connectivity index (χ1) is 13.0. The van der Waals surface area contributed by atoms with Gasteiger partial charge in [-0.1, -0.05) is 66.8 Å². The van der Waals surface area contributed by atoms with Gasteiger partial charge in [-0.2, -0.15) is 0 Å². The molecule has 0 aliphatic rings. The molecule has 0 aliphatic carbocycles. The molecule has 0 bridgehead atoms. The Morgan fingerprint density at radius 2 is 1.67 bits per heavy atom. The fraction of sp³-hybridized carbons (Fsp3) is 0.167. The number of benzene rings is 2. The molecule has 2 aromatic carbocycles. The Labute approximate surface area is 161 Å². The fourth-order valence-corrected chi connectivity index (χ4v) is 4.66. The number of aromatic nitrogens is 2. The van der Waals surface area contributed by atoms with Gasteiger partial charge >= 0.3 is 0 Å². The van der Waals surface area contributed by atoms with Crippen LogP contribution in [-0.4, -0.2) is 24.5 Å². The summed E-state index contributed by atoms with van der Waals surface area (Å²) in [5.41, 5.74) is 1.32. The van der Waals surface area contributed by atoms with Crippen molar-refractivity contribution in [2.75, 3.05) is 5.32 Å². The molecule has 0 unspecified atom stereocenters. The number of amides is 1. The molecular formula is C18H18N4O3S2. The van der Waals surface area contributed by atoms with Crippen molar-refractivity contribution in [2.24, 2.45) is 0 Å². The minimum Gasteiger partial charge on any atom is -0.296 e. The SMILES string of the molecule is CC[C@H](NS(=O)(=O)c1nnc(NC(=O)c2ccccc2)s1)c1ccccc1. The second kappa shape index (κ2) is 8.38. The zero-order valence-corrected chi connectivity index (χ0v) is 16.1. The summed E-state index contributed by atoms with van der Waals surface area (Å²) in [7, 11) is -3.86. The van der Waals surface area contributed by atoms with E-state index in [0.717, 1.165) is 16.9 Å². The lowest BCUT2D eigenvalue weighted by molar-refractivity contribution is 0.102. The van der Waals surface area contributed by atoms with Crippen LogP contribution >= 0.6 is 11.3 Å². The van der Waals surface area contributed by atoms with E-state index in [9.17, 15) is 13.2 Å². The number of anilines is 1. The van der Waals surface area contributed by atoms with E-state index >= 15 is 0 Å². The lowest BCUT2D eigenvalue weighted by atomic mass is 10.1. The van der Waals surface area contributed by atoms with Gasteiger partial charge in [-0.05, 0) is 24.1 Å². The summed E-state index contributed by atoms with van der Waals surface area (Å²) in [6, 6.07) is 17.5. The standard InChI is InChI=1S/C18H18N4O3S2/c1-2-15(13-9-5-3-6-10-13)22-27(24,25)18-21-20-17(26-18)19-16(23)14-11-7-4-8-12-14/h3-12,15,22H,2H2,1H3,(H,19,20,23)/t15-/m0/s1. The van der Waals surface area contributed by atoms with Crippen LogP contribution in [0.3, 0.4) is 0 Å². The number of carbonyl (C=O) groups excluding carboxylic acids is 1. The van der Waals surface area contributed by atoms with Crippen molar-refractivity contribution in [3.05, 3.63) is 71.8 Å². The van der Waals surface area contributed by atoms with Gasteiger partial charge in [0.25, 0.3) is 15.9 Å². The third kappa shape index (κ3) is 4.76. The van der Waals surface area contributed by atoms with Crippen LogP contribution in [-0.2, 0) is 10.0 Å². The average molecular weight is 403 g/mol. The molecule has 2 N–H and O–H groups in total. The maximum atomic E-state index is 12.6. The van der Waals surface area contributed by atoms with E-state index in [2.05, 4.69) is 20.2 Å². The minimum atomic E-state index is -3.86. The Kier molecular flexibility index (Phi) is 5.94. The molecule has 3 aromatic rings. The van der Waals surface area contributed by atoms with Gasteiger partial charge in [-0.15, -0.1) is 10.2 Å². The van der Waals surface area contributed by atoms with Crippen LogP contribution < -0.4 is 10.0 Å². The predicted molar refractivity (Wildman–Crippen MR) is 104 cm³/mol. The predicted octanol–water partition coefficient (Wildman–Crippen LogP) is 3.22. The molecule has 27 heavy (non-hydrogen) atoms. The highest BCUT2D eigenvalue weighted by Crippen LogP contribution is 2.24. The van der Waals surface area contributed by atoms with Gasteiger partial charge < -0.3 is 0 Å². The zero-order valence-electron chi connectivity index (χ0n) is 14.5. The third-order valence-electron chi connectivity index (χ3n) is 3.80. The lowest BCUT2D eigenvalue weighted by Crippen LogP contribution is -2.28. The quantitative estimate of drug-likeness (QED) is 0.591. The van der Waals surface area contributed by atoms with Crippen molar-refractivity contribution in [3.63, 3.8) is 0 Å². The van der Waals surface area contributed by atoms with E-state index in [-0.39, 0.29) is 21.4 Å². The van der Waals surface area contributed by atoms with Crippen molar-refractivity contribution in [3.8, 4) is 0 Å². The van der Waals surface area contributed by atoms with E-state index < -0.39 is 10.0 Å². The highest BCUT2D eigenvalue weighted by molar-refractivity contribution is 7.91. The minimum absolute atomic E-state index is 0.122. The van der Waals surface area contributed by atoms with Gasteiger partial charge in [0, 0.05) is 11.6 Å². The van der Waals surface area contributed by atoms with Crippen LogP contribution in [0.15, 0.2) is 65.0 Å². The van der Waals surface area contributed by atoms with Crippen molar-refractivity contribution < 1.29 is 13.2 Å². The number of hydrogen-bond acceptors (Lipinski definition) is 6. The molecule has 1 amide bonds. The van der Waals surface area contributed by atoms with E-state index in [4.69, 9.17) is 0 Å². The molecule has 1 heterocycles. The van der Waals surface area contributed by atoms with Crippen molar-refractivity contribution in [2.45, 2.75) is 23.7 Å². The smallest absolute Gasteiger partial charge is 0.270 e. The van der Waals surface area contributed by atoms with Gasteiger partial charge in [0.1, 0.15) is 0 Å². The molecule has 0 spiro atoms. The first kappa shape index (κ1) is 19.2. The Balaban J connectivity index is 1.73. The van der Waals surface area contributed by atoms with E-state index in [0.29, 0.717) is 12.0 Å². The van der Waals surface area contributed by atoms with E-state index in [1.54, 1.807) is 30.3 Å². The normalized spacial score (nSPS) is 12.5. The van der Waals surface area contributed by atoms with Crippen LogP contribution in [0.1, 0.15) is 35.3 Å². The lowest BCUT2D eigenvalue weighted by Gasteiger charge is -2.16. The summed E-state index contributed by atoms with van der Waals surface area (Å²) in [5, 5.41) is 10.2. The van der Waals surface area contributed by atoms with Crippen LogP contribution in [0.2, 0.25) is 0 Å². The van der Waals surface area contributed by atoms with E-state index in [1.807, 2.05) is 37.3 Å². The number of carbonyl (C=O) groups is 1. The number of nitrogens with one attached hydrogen (secondary N) is 2. The summed E-state index contributed by atoms with van der Waals surface area (Å²) in [6.07, 6.45) is 0.583. The largest absolute Gasteiger partial charge is 0.296 e. The molecule has 0 radical (unpaired) electrons. The summed E-state index contributed by atoms with van der Waals surface area (Å²) < 4.78 is 27.7. The summed E-state index contributed by atoms with van der Waals surface area (Å²) in [4.78, 5) is 12.1. The first-order valence-electron chi connectivity index (χ1n) is 8.27. The monoisotopic (exact) mass is 402 g/mol. The second-order valence-corrected chi connectivity index (χ2v) is 8.55. The Hall–Kier alpha value is -2.62. The average Bonchev–Trinajstić information content (AvgIpc) is 3.17. The summed E-state index contributed by atoms with van der Waals surface area (Å²) in [6.45, 7) is 1.89. The molecule has 0 saturated carbocycles. The molecule has 1 atom stereocenters. The molecule has 9 heteroatoms. The highest BCUT2D eigenvalue weighted by atomic mass is 32.2. The topological polar surface area (TPSA) is 101 Å². The zero-order chi connectivity index (χ0) is 19.3. The maximum absolute atomic E-state index is 12.6. The molecular weight excluding hydrogens is 384 g/mol. The molecule has 3 rings (SSSR count).